The Labute approximate surface area is 131 Å². The van der Waals surface area contributed by atoms with E-state index in [9.17, 15) is 14.2 Å². The first-order valence-corrected chi connectivity index (χ1v) is 8.75. The van der Waals surface area contributed by atoms with Crippen molar-refractivity contribution in [3.8, 4) is 0 Å². The Hall–Kier alpha value is -1.11. The second kappa shape index (κ2) is 9.12. The van der Waals surface area contributed by atoms with Crippen LogP contribution < -0.4 is 5.32 Å². The fourth-order valence-corrected chi connectivity index (χ4v) is 3.29. The Morgan fingerprint density at radius 3 is 2.00 bits per heavy atom. The first kappa shape index (κ1) is 20.9. The summed E-state index contributed by atoms with van der Waals surface area (Å²) in [7, 11) is -2.36. The topological polar surface area (TPSA) is 100 Å². The average molecular weight is 339 g/mol. The highest BCUT2D eigenvalue weighted by molar-refractivity contribution is 7.54. The van der Waals surface area contributed by atoms with Gasteiger partial charge in [0.25, 0.3) is 0 Å². The molecule has 0 aromatic rings. The molecule has 1 amide bonds. The fraction of sp³-hybridized carbons (Fsp3) is 0.846. The molecule has 0 aromatic carbocycles. The Kier molecular flexibility index (Phi) is 8.66. The summed E-state index contributed by atoms with van der Waals surface area (Å²) >= 11 is 0. The summed E-state index contributed by atoms with van der Waals surface area (Å²) in [6, 6.07) is -1.19. The lowest BCUT2D eigenvalue weighted by molar-refractivity contribution is -0.142. The van der Waals surface area contributed by atoms with Crippen LogP contribution in [0.4, 0.5) is 4.79 Å². The van der Waals surface area contributed by atoms with Gasteiger partial charge in [-0.05, 0) is 34.6 Å². The number of ether oxygens (including phenoxy) is 2. The van der Waals surface area contributed by atoms with E-state index in [0.29, 0.717) is 0 Å². The van der Waals surface area contributed by atoms with Gasteiger partial charge in [0.15, 0.2) is 0 Å². The summed E-state index contributed by atoms with van der Waals surface area (Å²) in [5.74, 6) is -0.759. The third kappa shape index (κ3) is 8.36. The molecule has 0 heterocycles. The quantitative estimate of drug-likeness (QED) is 0.535. The Morgan fingerprint density at radius 2 is 1.64 bits per heavy atom. The standard InChI is InChI=1S/C13H26NO7P/c1-7-19-22(17,20-8-2)9-10(11(15)18-6)14-12(16)21-13(3,4)5/h10H,7-9H2,1-6H3,(H,14,16). The molecule has 0 aromatic heterocycles. The van der Waals surface area contributed by atoms with Crippen LogP contribution in [0.15, 0.2) is 0 Å². The number of amides is 1. The molecule has 0 fully saturated rings. The van der Waals surface area contributed by atoms with E-state index in [-0.39, 0.29) is 19.4 Å². The number of carbonyl (C=O) groups is 2. The van der Waals surface area contributed by atoms with Gasteiger partial charge in [-0.3, -0.25) is 4.57 Å². The molecule has 1 N–H and O–H groups in total. The lowest BCUT2D eigenvalue weighted by Gasteiger charge is -2.24. The molecule has 0 aliphatic heterocycles. The SMILES string of the molecule is CCOP(=O)(CC(NC(=O)OC(C)(C)C)C(=O)OC)OCC. The van der Waals surface area contributed by atoms with E-state index in [1.807, 2.05) is 0 Å². The molecule has 8 nitrogen and oxygen atoms in total. The van der Waals surface area contributed by atoms with E-state index in [1.54, 1.807) is 34.6 Å². The molecule has 22 heavy (non-hydrogen) atoms. The highest BCUT2D eigenvalue weighted by atomic mass is 31.2. The van der Waals surface area contributed by atoms with Crippen molar-refractivity contribution in [1.82, 2.24) is 5.32 Å². The summed E-state index contributed by atoms with van der Waals surface area (Å²) in [4.78, 5) is 23.6. The molecular weight excluding hydrogens is 313 g/mol. The minimum absolute atomic E-state index is 0.150. The van der Waals surface area contributed by atoms with Crippen LogP contribution in [0.5, 0.6) is 0 Å². The van der Waals surface area contributed by atoms with Gasteiger partial charge in [-0.15, -0.1) is 0 Å². The van der Waals surface area contributed by atoms with Gasteiger partial charge in [0, 0.05) is 0 Å². The van der Waals surface area contributed by atoms with E-state index in [2.05, 4.69) is 10.1 Å². The molecule has 0 radical (unpaired) electrons. The molecule has 9 heteroatoms. The number of hydrogen-bond donors (Lipinski definition) is 1. The van der Waals surface area contributed by atoms with Gasteiger partial charge in [0.2, 0.25) is 0 Å². The summed E-state index contributed by atoms with van der Waals surface area (Å²) in [5, 5.41) is 2.33. The molecule has 0 spiro atoms. The van der Waals surface area contributed by atoms with Crippen LogP contribution in [0.3, 0.4) is 0 Å². The number of hydrogen-bond acceptors (Lipinski definition) is 7. The molecule has 1 unspecified atom stereocenters. The Balaban J connectivity index is 5.02. The van der Waals surface area contributed by atoms with E-state index in [1.165, 1.54) is 7.11 Å². The molecule has 0 saturated carbocycles. The molecule has 0 rings (SSSR count). The van der Waals surface area contributed by atoms with Crippen LogP contribution in [0.2, 0.25) is 0 Å². The zero-order valence-corrected chi connectivity index (χ0v) is 14.9. The van der Waals surface area contributed by atoms with E-state index in [0.717, 1.165) is 0 Å². The molecule has 0 bridgehead atoms. The van der Waals surface area contributed by atoms with Crippen molar-refractivity contribution in [2.24, 2.45) is 0 Å². The number of carbonyl (C=O) groups excluding carboxylic acids is 2. The monoisotopic (exact) mass is 339 g/mol. The van der Waals surface area contributed by atoms with Crippen LogP contribution in [0.1, 0.15) is 34.6 Å². The lowest BCUT2D eigenvalue weighted by Crippen LogP contribution is -2.46. The summed E-state index contributed by atoms with van der Waals surface area (Å²) in [6.07, 6.45) is -1.15. The molecule has 1 atom stereocenters. The number of nitrogens with one attached hydrogen (secondary N) is 1. The van der Waals surface area contributed by atoms with Crippen LogP contribution in [0, 0.1) is 0 Å². The number of rotatable bonds is 8. The molecule has 130 valence electrons. The van der Waals surface area contributed by atoms with Crippen molar-refractivity contribution < 1.29 is 32.7 Å². The van der Waals surface area contributed by atoms with Gasteiger partial charge in [-0.25, -0.2) is 9.59 Å². The first-order valence-electron chi connectivity index (χ1n) is 7.02. The zero-order chi connectivity index (χ0) is 17.4. The van der Waals surface area contributed by atoms with Gasteiger partial charge in [-0.1, -0.05) is 0 Å². The predicted octanol–water partition coefficient (Wildman–Crippen LogP) is 2.32. The highest BCUT2D eigenvalue weighted by Gasteiger charge is 2.35. The lowest BCUT2D eigenvalue weighted by atomic mass is 10.2. The van der Waals surface area contributed by atoms with Crippen molar-refractivity contribution in [3.05, 3.63) is 0 Å². The van der Waals surface area contributed by atoms with Gasteiger partial charge < -0.3 is 23.8 Å². The Bertz CT molecular complexity index is 409. The van der Waals surface area contributed by atoms with Crippen molar-refractivity contribution in [2.45, 2.75) is 46.3 Å². The first-order chi connectivity index (χ1) is 10.1. The second-order valence-corrected chi connectivity index (χ2v) is 7.45. The maximum absolute atomic E-state index is 12.5. The largest absolute Gasteiger partial charge is 0.467 e. The predicted molar refractivity (Wildman–Crippen MR) is 80.9 cm³/mol. The Morgan fingerprint density at radius 1 is 1.14 bits per heavy atom. The third-order valence-corrected chi connectivity index (χ3v) is 4.35. The number of alkyl carbamates (subject to hydrolysis) is 1. The maximum Gasteiger partial charge on any atom is 0.408 e. The van der Waals surface area contributed by atoms with E-state index >= 15 is 0 Å². The molecule has 0 saturated heterocycles. The number of methoxy groups -OCH3 is 1. The fourth-order valence-electron chi connectivity index (χ4n) is 1.53. The normalized spacial score (nSPS) is 13.4. The summed E-state index contributed by atoms with van der Waals surface area (Å²) in [6.45, 7) is 8.66. The maximum atomic E-state index is 12.5. The zero-order valence-electron chi connectivity index (χ0n) is 14.0. The minimum atomic E-state index is -3.52. The summed E-state index contributed by atoms with van der Waals surface area (Å²) in [5.41, 5.74) is -0.728. The van der Waals surface area contributed by atoms with E-state index in [4.69, 9.17) is 13.8 Å². The van der Waals surface area contributed by atoms with Gasteiger partial charge >= 0.3 is 19.7 Å². The smallest absolute Gasteiger partial charge is 0.408 e. The van der Waals surface area contributed by atoms with Crippen molar-refractivity contribution in [3.63, 3.8) is 0 Å². The van der Waals surface area contributed by atoms with Crippen LogP contribution in [-0.4, -0.2) is 50.2 Å². The minimum Gasteiger partial charge on any atom is -0.467 e. The molecule has 0 aliphatic carbocycles. The van der Waals surface area contributed by atoms with Gasteiger partial charge in [0.1, 0.15) is 11.6 Å². The van der Waals surface area contributed by atoms with Crippen molar-refractivity contribution in [1.29, 1.82) is 0 Å². The van der Waals surface area contributed by atoms with Crippen LogP contribution in [-0.2, 0) is 27.9 Å². The third-order valence-electron chi connectivity index (χ3n) is 2.23. The van der Waals surface area contributed by atoms with Crippen molar-refractivity contribution >= 4 is 19.7 Å². The number of esters is 1. The second-order valence-electron chi connectivity index (χ2n) is 5.35. The van der Waals surface area contributed by atoms with Gasteiger partial charge in [0.05, 0.1) is 26.5 Å². The summed E-state index contributed by atoms with van der Waals surface area (Å²) < 4.78 is 32.4. The van der Waals surface area contributed by atoms with Crippen LogP contribution >= 0.6 is 7.60 Å². The van der Waals surface area contributed by atoms with Crippen LogP contribution in [0.25, 0.3) is 0 Å². The van der Waals surface area contributed by atoms with Crippen molar-refractivity contribution in [2.75, 3.05) is 26.5 Å². The average Bonchev–Trinajstić information content (AvgIpc) is 2.35. The molecular formula is C13H26NO7P. The van der Waals surface area contributed by atoms with Gasteiger partial charge in [-0.2, -0.15) is 0 Å². The molecule has 0 aliphatic rings. The van der Waals surface area contributed by atoms with E-state index < -0.39 is 31.3 Å². The highest BCUT2D eigenvalue weighted by Crippen LogP contribution is 2.48.